The van der Waals surface area contributed by atoms with E-state index in [9.17, 15) is 19.4 Å². The van der Waals surface area contributed by atoms with Gasteiger partial charge in [-0.1, -0.05) is 51.7 Å². The molecule has 0 saturated carbocycles. The van der Waals surface area contributed by atoms with Crippen molar-refractivity contribution in [2.45, 2.75) is 91.6 Å². The molecule has 0 aliphatic rings. The number of hydrogen-bond donors (Lipinski definition) is 2. The van der Waals surface area contributed by atoms with Gasteiger partial charge in [0.25, 0.3) is 0 Å². The molecule has 2 aromatic rings. The number of halogens is 1. The predicted molar refractivity (Wildman–Crippen MR) is 135 cm³/mol. The number of rotatable bonds is 13. The average Bonchev–Trinajstić information content (AvgIpc) is 2.81. The molecule has 0 saturated heterocycles. The van der Waals surface area contributed by atoms with Crippen LogP contribution >= 0.6 is 0 Å². The zero-order valence-corrected chi connectivity index (χ0v) is 21.6. The van der Waals surface area contributed by atoms with Crippen LogP contribution in [0.3, 0.4) is 0 Å². The zero-order chi connectivity index (χ0) is 25.4. The van der Waals surface area contributed by atoms with E-state index in [1.807, 2.05) is 26.0 Å². The number of ether oxygens (including phenoxy) is 1. The molecule has 3 atom stereocenters. The second-order valence-electron chi connectivity index (χ2n) is 9.52. The molecule has 188 valence electrons. The summed E-state index contributed by atoms with van der Waals surface area (Å²) in [6.45, 7) is 9.98. The summed E-state index contributed by atoms with van der Waals surface area (Å²) in [7, 11) is 1.67. The summed E-state index contributed by atoms with van der Waals surface area (Å²) < 4.78 is 19.7. The van der Waals surface area contributed by atoms with Crippen LogP contribution < -0.4 is 4.74 Å². The summed E-state index contributed by atoms with van der Waals surface area (Å²) in [6, 6.07) is 6.60. The molecule has 0 aromatic heterocycles. The number of aliphatic carboxylic acids is 1. The zero-order valence-electron chi connectivity index (χ0n) is 21.6. The van der Waals surface area contributed by atoms with Gasteiger partial charge in [0, 0.05) is 11.5 Å². The standard InChI is InChI=1S/C29H41FO4/c1-7-8-13-25(31)26-19(3)20(4)28(34-6)27(21(26)5)24(22-14-16-23(30)17-15-22)12-10-9-11-18(2)29(32)33/h14-18,24-25,31H,7-13H2,1-6H3,(H,32,33). The smallest absolute Gasteiger partial charge is 0.306 e. The second kappa shape index (κ2) is 12.9. The highest BCUT2D eigenvalue weighted by molar-refractivity contribution is 5.69. The number of hydrogen-bond acceptors (Lipinski definition) is 3. The first-order valence-corrected chi connectivity index (χ1v) is 12.5. The van der Waals surface area contributed by atoms with Crippen LogP contribution in [0.15, 0.2) is 24.3 Å². The van der Waals surface area contributed by atoms with Crippen LogP contribution in [-0.2, 0) is 4.79 Å². The van der Waals surface area contributed by atoms with Gasteiger partial charge >= 0.3 is 5.97 Å². The highest BCUT2D eigenvalue weighted by Crippen LogP contribution is 2.44. The topological polar surface area (TPSA) is 66.8 Å². The Morgan fingerprint density at radius 1 is 0.941 bits per heavy atom. The monoisotopic (exact) mass is 472 g/mol. The van der Waals surface area contributed by atoms with Crippen LogP contribution in [-0.4, -0.2) is 23.3 Å². The van der Waals surface area contributed by atoms with Gasteiger partial charge in [-0.15, -0.1) is 0 Å². The molecular weight excluding hydrogens is 431 g/mol. The Kier molecular flexibility index (Phi) is 10.6. The number of carboxylic acids is 1. The Bertz CT molecular complexity index is 952. The molecule has 2 N–H and O–H groups in total. The van der Waals surface area contributed by atoms with Crippen molar-refractivity contribution in [3.8, 4) is 5.75 Å². The van der Waals surface area contributed by atoms with Crippen LogP contribution in [0.4, 0.5) is 4.39 Å². The molecule has 0 heterocycles. The normalized spacial score (nSPS) is 14.0. The molecule has 0 bridgehead atoms. The van der Waals surface area contributed by atoms with Gasteiger partial charge in [0.15, 0.2) is 0 Å². The lowest BCUT2D eigenvalue weighted by Gasteiger charge is -2.29. The van der Waals surface area contributed by atoms with Crippen LogP contribution in [0.25, 0.3) is 0 Å². The molecular formula is C29H41FO4. The van der Waals surface area contributed by atoms with Gasteiger partial charge in [0.2, 0.25) is 0 Å². The lowest BCUT2D eigenvalue weighted by atomic mass is 9.78. The van der Waals surface area contributed by atoms with Gasteiger partial charge in [-0.2, -0.15) is 0 Å². The predicted octanol–water partition coefficient (Wildman–Crippen LogP) is 7.40. The van der Waals surface area contributed by atoms with E-state index < -0.39 is 12.1 Å². The SMILES string of the molecule is CCCCC(O)c1c(C)c(C)c(OC)c(C(CCCCC(C)C(=O)O)c2ccc(F)cc2)c1C. The first-order chi connectivity index (χ1) is 16.1. The average molecular weight is 473 g/mol. The molecule has 0 aliphatic heterocycles. The van der Waals surface area contributed by atoms with Crippen molar-refractivity contribution in [2.75, 3.05) is 7.11 Å². The van der Waals surface area contributed by atoms with E-state index in [2.05, 4.69) is 13.8 Å². The van der Waals surface area contributed by atoms with Crippen molar-refractivity contribution in [1.29, 1.82) is 0 Å². The van der Waals surface area contributed by atoms with Crippen LogP contribution in [0.5, 0.6) is 5.75 Å². The van der Waals surface area contributed by atoms with E-state index in [4.69, 9.17) is 4.74 Å². The molecule has 0 radical (unpaired) electrons. The number of benzene rings is 2. The minimum Gasteiger partial charge on any atom is -0.496 e. The molecule has 2 rings (SSSR count). The van der Waals surface area contributed by atoms with Crippen LogP contribution in [0.1, 0.15) is 104 Å². The second-order valence-corrected chi connectivity index (χ2v) is 9.52. The molecule has 0 aliphatic carbocycles. The third kappa shape index (κ3) is 6.59. The van der Waals surface area contributed by atoms with Crippen molar-refractivity contribution in [3.05, 3.63) is 63.5 Å². The Morgan fingerprint density at radius 2 is 1.56 bits per heavy atom. The summed E-state index contributed by atoms with van der Waals surface area (Å²) in [5.41, 5.74) is 6.08. The van der Waals surface area contributed by atoms with Crippen LogP contribution in [0.2, 0.25) is 0 Å². The summed E-state index contributed by atoms with van der Waals surface area (Å²) in [4.78, 5) is 11.2. The fraction of sp³-hybridized carbons (Fsp3) is 0.552. The Labute approximate surface area is 204 Å². The first kappa shape index (κ1) is 27.8. The minimum atomic E-state index is -0.771. The lowest BCUT2D eigenvalue weighted by Crippen LogP contribution is -2.14. The van der Waals surface area contributed by atoms with Crippen molar-refractivity contribution in [2.24, 2.45) is 5.92 Å². The molecule has 0 fully saturated rings. The van der Waals surface area contributed by atoms with Gasteiger partial charge in [-0.3, -0.25) is 4.79 Å². The molecule has 2 aromatic carbocycles. The maximum Gasteiger partial charge on any atom is 0.306 e. The van der Waals surface area contributed by atoms with E-state index in [1.165, 1.54) is 12.1 Å². The number of carboxylic acid groups (broad SMARTS) is 1. The molecule has 5 heteroatoms. The highest BCUT2D eigenvalue weighted by atomic mass is 19.1. The molecule has 0 amide bonds. The maximum atomic E-state index is 13.7. The summed E-state index contributed by atoms with van der Waals surface area (Å²) in [5, 5.41) is 20.3. The van der Waals surface area contributed by atoms with Crippen LogP contribution in [0, 0.1) is 32.5 Å². The lowest BCUT2D eigenvalue weighted by molar-refractivity contribution is -0.141. The van der Waals surface area contributed by atoms with E-state index in [1.54, 1.807) is 14.0 Å². The number of unbranched alkanes of at least 4 members (excludes halogenated alkanes) is 2. The van der Waals surface area contributed by atoms with E-state index >= 15 is 0 Å². The Balaban J connectivity index is 2.55. The minimum absolute atomic E-state index is 0.0490. The fourth-order valence-corrected chi connectivity index (χ4v) is 4.99. The molecule has 4 nitrogen and oxygen atoms in total. The first-order valence-electron chi connectivity index (χ1n) is 12.5. The van der Waals surface area contributed by atoms with Gasteiger partial charge in [-0.25, -0.2) is 4.39 Å². The summed E-state index contributed by atoms with van der Waals surface area (Å²) in [5.74, 6) is -0.658. The fourth-order valence-electron chi connectivity index (χ4n) is 4.99. The number of carbonyl (C=O) groups is 1. The Hall–Kier alpha value is -2.40. The van der Waals surface area contributed by atoms with Crippen molar-refractivity contribution in [1.82, 2.24) is 0 Å². The van der Waals surface area contributed by atoms with Crippen molar-refractivity contribution >= 4 is 5.97 Å². The summed E-state index contributed by atoms with van der Waals surface area (Å²) >= 11 is 0. The molecule has 3 unspecified atom stereocenters. The quantitative estimate of drug-likeness (QED) is 0.298. The van der Waals surface area contributed by atoms with Crippen molar-refractivity contribution < 1.29 is 24.1 Å². The van der Waals surface area contributed by atoms with E-state index in [-0.39, 0.29) is 17.7 Å². The van der Waals surface area contributed by atoms with E-state index in [0.29, 0.717) is 12.8 Å². The third-order valence-electron chi connectivity index (χ3n) is 7.15. The third-order valence-corrected chi connectivity index (χ3v) is 7.15. The van der Waals surface area contributed by atoms with Gasteiger partial charge in [0.05, 0.1) is 19.1 Å². The number of aliphatic hydroxyl groups is 1. The molecule has 0 spiro atoms. The number of aliphatic hydroxyl groups excluding tert-OH is 1. The van der Waals surface area contributed by atoms with Gasteiger partial charge in [-0.05, 0) is 80.0 Å². The highest BCUT2D eigenvalue weighted by Gasteiger charge is 2.28. The van der Waals surface area contributed by atoms with Gasteiger partial charge in [0.1, 0.15) is 11.6 Å². The number of methoxy groups -OCH3 is 1. The molecule has 34 heavy (non-hydrogen) atoms. The van der Waals surface area contributed by atoms with E-state index in [0.717, 1.165) is 71.2 Å². The van der Waals surface area contributed by atoms with Crippen molar-refractivity contribution in [3.63, 3.8) is 0 Å². The summed E-state index contributed by atoms with van der Waals surface area (Å²) in [6.07, 6.45) is 5.16. The Morgan fingerprint density at radius 3 is 2.12 bits per heavy atom. The van der Waals surface area contributed by atoms with Gasteiger partial charge < -0.3 is 14.9 Å². The maximum absolute atomic E-state index is 13.7. The largest absolute Gasteiger partial charge is 0.496 e.